The van der Waals surface area contributed by atoms with Crippen LogP contribution in [0.25, 0.3) is 0 Å². The predicted octanol–water partition coefficient (Wildman–Crippen LogP) is 3.98. The van der Waals surface area contributed by atoms with Gasteiger partial charge in [-0.2, -0.15) is 0 Å². The van der Waals surface area contributed by atoms with Crippen molar-refractivity contribution in [2.75, 3.05) is 41.3 Å². The molecule has 0 atom stereocenters. The van der Waals surface area contributed by atoms with Crippen molar-refractivity contribution in [3.05, 3.63) is 36.2 Å². The maximum atomic E-state index is 4.55. The molecule has 128 valence electrons. The predicted molar refractivity (Wildman–Crippen MR) is 102 cm³/mol. The molecule has 2 heterocycles. The van der Waals surface area contributed by atoms with Gasteiger partial charge in [-0.3, -0.25) is 0 Å². The molecule has 5 heteroatoms. The Kier molecular flexibility index (Phi) is 5.18. The van der Waals surface area contributed by atoms with Gasteiger partial charge >= 0.3 is 0 Å². The Labute approximate surface area is 144 Å². The first-order valence-corrected chi connectivity index (χ1v) is 8.92. The monoisotopic (exact) mass is 325 g/mol. The summed E-state index contributed by atoms with van der Waals surface area (Å²) in [6.45, 7) is 10.5. The van der Waals surface area contributed by atoms with Crippen LogP contribution in [0, 0.1) is 6.92 Å². The number of hydrogen-bond donors (Lipinski definition) is 1. The molecule has 1 aromatic carbocycles. The van der Waals surface area contributed by atoms with Crippen molar-refractivity contribution in [1.29, 1.82) is 0 Å². The molecule has 0 bridgehead atoms. The van der Waals surface area contributed by atoms with Gasteiger partial charge in [-0.15, -0.1) is 0 Å². The molecule has 0 saturated carbocycles. The Bertz CT molecular complexity index is 658. The van der Waals surface area contributed by atoms with Gasteiger partial charge in [-0.1, -0.05) is 0 Å². The van der Waals surface area contributed by atoms with Crippen LogP contribution in [0.5, 0.6) is 0 Å². The Morgan fingerprint density at radius 2 is 1.71 bits per heavy atom. The first-order valence-electron chi connectivity index (χ1n) is 8.92. The van der Waals surface area contributed by atoms with Gasteiger partial charge in [0, 0.05) is 43.6 Å². The fourth-order valence-corrected chi connectivity index (χ4v) is 3.20. The smallest absolute Gasteiger partial charge is 0.136 e. The largest absolute Gasteiger partial charge is 0.372 e. The van der Waals surface area contributed by atoms with Crippen molar-refractivity contribution in [3.63, 3.8) is 0 Å². The highest BCUT2D eigenvalue weighted by molar-refractivity contribution is 5.63. The van der Waals surface area contributed by atoms with Gasteiger partial charge in [-0.05, 0) is 57.9 Å². The van der Waals surface area contributed by atoms with Crippen molar-refractivity contribution in [2.24, 2.45) is 0 Å². The number of nitrogens with one attached hydrogen (secondary N) is 1. The fourth-order valence-electron chi connectivity index (χ4n) is 3.20. The average Bonchev–Trinajstić information content (AvgIpc) is 3.11. The molecule has 0 unspecified atom stereocenters. The lowest BCUT2D eigenvalue weighted by Crippen LogP contribution is -2.23. The number of hydrogen-bond acceptors (Lipinski definition) is 5. The maximum Gasteiger partial charge on any atom is 0.136 e. The maximum absolute atomic E-state index is 4.55. The van der Waals surface area contributed by atoms with Crippen LogP contribution in [0.3, 0.4) is 0 Å². The van der Waals surface area contributed by atoms with E-state index in [2.05, 4.69) is 63.2 Å². The van der Waals surface area contributed by atoms with Gasteiger partial charge in [0.15, 0.2) is 0 Å². The van der Waals surface area contributed by atoms with E-state index < -0.39 is 0 Å². The Hall–Kier alpha value is -2.30. The Morgan fingerprint density at radius 1 is 1.04 bits per heavy atom. The second kappa shape index (κ2) is 7.51. The molecule has 0 amide bonds. The molecule has 0 aliphatic carbocycles. The molecule has 1 aliphatic heterocycles. The molecular formula is C19H27N5. The van der Waals surface area contributed by atoms with Gasteiger partial charge in [-0.25, -0.2) is 9.97 Å². The third-order valence-electron chi connectivity index (χ3n) is 4.52. The fraction of sp³-hybridized carbons (Fsp3) is 0.474. The van der Waals surface area contributed by atoms with Crippen LogP contribution in [0.15, 0.2) is 30.3 Å². The van der Waals surface area contributed by atoms with E-state index in [1.54, 1.807) is 0 Å². The third-order valence-corrected chi connectivity index (χ3v) is 4.52. The van der Waals surface area contributed by atoms with E-state index in [1.807, 2.05) is 13.0 Å². The van der Waals surface area contributed by atoms with E-state index in [0.29, 0.717) is 0 Å². The molecule has 2 aromatic rings. The van der Waals surface area contributed by atoms with E-state index in [9.17, 15) is 0 Å². The minimum atomic E-state index is 0.788. The molecule has 1 fully saturated rings. The van der Waals surface area contributed by atoms with Gasteiger partial charge in [0.25, 0.3) is 0 Å². The van der Waals surface area contributed by atoms with Gasteiger partial charge < -0.3 is 15.1 Å². The lowest BCUT2D eigenvalue weighted by Gasteiger charge is -2.21. The second-order valence-electron chi connectivity index (χ2n) is 6.20. The lowest BCUT2D eigenvalue weighted by molar-refractivity contribution is 0.835. The molecule has 1 saturated heterocycles. The summed E-state index contributed by atoms with van der Waals surface area (Å²) in [5.74, 6) is 2.61. The zero-order chi connectivity index (χ0) is 16.9. The Balaban J connectivity index is 1.75. The van der Waals surface area contributed by atoms with Crippen LogP contribution in [-0.4, -0.2) is 36.1 Å². The van der Waals surface area contributed by atoms with Crippen LogP contribution in [0.4, 0.5) is 23.0 Å². The van der Waals surface area contributed by atoms with E-state index in [0.717, 1.165) is 36.2 Å². The summed E-state index contributed by atoms with van der Waals surface area (Å²) in [6, 6.07) is 10.7. The Morgan fingerprint density at radius 3 is 2.33 bits per heavy atom. The van der Waals surface area contributed by atoms with E-state index in [1.165, 1.54) is 31.6 Å². The first-order chi connectivity index (χ1) is 11.7. The van der Waals surface area contributed by atoms with Crippen LogP contribution >= 0.6 is 0 Å². The number of aryl methyl sites for hydroxylation is 1. The van der Waals surface area contributed by atoms with Crippen molar-refractivity contribution in [1.82, 2.24) is 9.97 Å². The number of aromatic nitrogens is 2. The SMILES string of the molecule is CCN(CC)c1cc(Nc2ccc(N3CCCC3)cc2)nc(C)n1. The average molecular weight is 325 g/mol. The van der Waals surface area contributed by atoms with Crippen molar-refractivity contribution >= 4 is 23.0 Å². The van der Waals surface area contributed by atoms with Crippen LogP contribution in [0.2, 0.25) is 0 Å². The second-order valence-corrected chi connectivity index (χ2v) is 6.20. The summed E-state index contributed by atoms with van der Waals surface area (Å²) >= 11 is 0. The van der Waals surface area contributed by atoms with Crippen molar-refractivity contribution in [2.45, 2.75) is 33.6 Å². The zero-order valence-corrected chi connectivity index (χ0v) is 14.9. The molecule has 0 radical (unpaired) electrons. The molecule has 0 spiro atoms. The summed E-state index contributed by atoms with van der Waals surface area (Å²) in [7, 11) is 0. The third kappa shape index (κ3) is 3.78. The van der Waals surface area contributed by atoms with Gasteiger partial charge in [0.2, 0.25) is 0 Å². The summed E-state index contributed by atoms with van der Waals surface area (Å²) < 4.78 is 0. The number of anilines is 4. The number of benzene rings is 1. The van der Waals surface area contributed by atoms with Crippen molar-refractivity contribution in [3.8, 4) is 0 Å². The van der Waals surface area contributed by atoms with E-state index in [4.69, 9.17) is 0 Å². The minimum absolute atomic E-state index is 0.788. The highest BCUT2D eigenvalue weighted by Gasteiger charge is 2.12. The normalized spacial score (nSPS) is 14.0. The highest BCUT2D eigenvalue weighted by atomic mass is 15.2. The number of rotatable bonds is 6. The number of nitrogens with zero attached hydrogens (tertiary/aromatic N) is 4. The van der Waals surface area contributed by atoms with Gasteiger partial charge in [0.1, 0.15) is 17.5 Å². The van der Waals surface area contributed by atoms with Crippen molar-refractivity contribution < 1.29 is 0 Å². The summed E-state index contributed by atoms with van der Waals surface area (Å²) in [6.07, 6.45) is 2.60. The lowest BCUT2D eigenvalue weighted by atomic mass is 10.2. The summed E-state index contributed by atoms with van der Waals surface area (Å²) in [4.78, 5) is 13.7. The van der Waals surface area contributed by atoms with Crippen LogP contribution in [-0.2, 0) is 0 Å². The molecule has 3 rings (SSSR count). The van der Waals surface area contributed by atoms with E-state index in [-0.39, 0.29) is 0 Å². The molecule has 24 heavy (non-hydrogen) atoms. The first kappa shape index (κ1) is 16.6. The van der Waals surface area contributed by atoms with Gasteiger partial charge in [0.05, 0.1) is 0 Å². The van der Waals surface area contributed by atoms with Crippen LogP contribution < -0.4 is 15.1 Å². The highest BCUT2D eigenvalue weighted by Crippen LogP contribution is 2.24. The molecule has 5 nitrogen and oxygen atoms in total. The summed E-state index contributed by atoms with van der Waals surface area (Å²) in [5, 5.41) is 3.41. The molecular weight excluding hydrogens is 298 g/mol. The minimum Gasteiger partial charge on any atom is -0.372 e. The summed E-state index contributed by atoms with van der Waals surface area (Å²) in [5.41, 5.74) is 2.36. The topological polar surface area (TPSA) is 44.3 Å². The molecule has 1 aromatic heterocycles. The van der Waals surface area contributed by atoms with E-state index >= 15 is 0 Å². The van der Waals surface area contributed by atoms with Crippen LogP contribution in [0.1, 0.15) is 32.5 Å². The quantitative estimate of drug-likeness (QED) is 0.870. The zero-order valence-electron chi connectivity index (χ0n) is 14.9. The molecule has 1 aliphatic rings. The standard InChI is InChI=1S/C19H27N5/c1-4-23(5-2)19-14-18(20-15(3)21-19)22-16-8-10-17(11-9-16)24-12-6-7-13-24/h8-11,14H,4-7,12-13H2,1-3H3,(H,20,21,22). The molecule has 1 N–H and O–H groups in total.